The van der Waals surface area contributed by atoms with Gasteiger partial charge in [0.2, 0.25) is 11.8 Å². The zero-order chi connectivity index (χ0) is 14.9. The number of fused-ring (bicyclic) bond motifs is 1. The Kier molecular flexibility index (Phi) is 3.31. The fraction of sp³-hybridized carbons (Fsp3) is 0.267. The van der Waals surface area contributed by atoms with Gasteiger partial charge in [0.25, 0.3) is 0 Å². The topological polar surface area (TPSA) is 97.1 Å². The lowest BCUT2D eigenvalue weighted by Crippen LogP contribution is -2.45. The van der Waals surface area contributed by atoms with E-state index in [2.05, 4.69) is 15.6 Å². The summed E-state index contributed by atoms with van der Waals surface area (Å²) in [6.07, 6.45) is 3.02. The minimum absolute atomic E-state index is 0.0962. The number of nitrogens with one attached hydrogen (secondary N) is 2. The molecular weight excluding hydrogens is 268 g/mol. The van der Waals surface area contributed by atoms with Crippen molar-refractivity contribution >= 4 is 28.4 Å². The number of hydrogen-bond acceptors (Lipinski definition) is 4. The van der Waals surface area contributed by atoms with Crippen molar-refractivity contribution in [1.82, 2.24) is 10.3 Å². The molecule has 3 rings (SSSR count). The summed E-state index contributed by atoms with van der Waals surface area (Å²) in [6, 6.07) is 9.30. The maximum Gasteiger partial charge on any atom is 0.243 e. The lowest BCUT2D eigenvalue weighted by atomic mass is 10.2. The molecule has 0 aliphatic heterocycles. The molecule has 0 unspecified atom stereocenters. The molecule has 4 N–H and O–H groups in total. The third-order valence-corrected chi connectivity index (χ3v) is 3.56. The third-order valence-electron chi connectivity index (χ3n) is 3.56. The number of nitrogens with zero attached hydrogens (tertiary/aromatic N) is 1. The van der Waals surface area contributed by atoms with Crippen LogP contribution < -0.4 is 16.4 Å². The largest absolute Gasteiger partial charge is 0.345 e. The fourth-order valence-corrected chi connectivity index (χ4v) is 2.10. The number of aromatic nitrogens is 1. The van der Waals surface area contributed by atoms with Crippen LogP contribution >= 0.6 is 0 Å². The highest BCUT2D eigenvalue weighted by Gasteiger charge is 2.45. The van der Waals surface area contributed by atoms with Crippen LogP contribution in [0.25, 0.3) is 10.9 Å². The number of nitrogens with two attached hydrogens (primary N) is 1. The van der Waals surface area contributed by atoms with Gasteiger partial charge >= 0.3 is 0 Å². The number of carbonyl (C=O) groups excluding carboxylic acids is 2. The molecule has 2 amide bonds. The number of rotatable bonds is 4. The van der Waals surface area contributed by atoms with Crippen LogP contribution in [0.3, 0.4) is 0 Å². The summed E-state index contributed by atoms with van der Waals surface area (Å²) in [5.41, 5.74) is 6.33. The highest BCUT2D eigenvalue weighted by Crippen LogP contribution is 2.31. The molecule has 2 aromatic rings. The van der Waals surface area contributed by atoms with Gasteiger partial charge in [-0.3, -0.25) is 14.6 Å². The van der Waals surface area contributed by atoms with Gasteiger partial charge in [0.15, 0.2) is 0 Å². The Morgan fingerprint density at radius 2 is 2.00 bits per heavy atom. The third kappa shape index (κ3) is 2.85. The summed E-state index contributed by atoms with van der Waals surface area (Å²) < 4.78 is 0. The van der Waals surface area contributed by atoms with E-state index < -0.39 is 5.54 Å². The van der Waals surface area contributed by atoms with E-state index in [1.807, 2.05) is 24.3 Å². The summed E-state index contributed by atoms with van der Waals surface area (Å²) in [6.45, 7) is -0.0962. The molecule has 1 aliphatic rings. The highest BCUT2D eigenvalue weighted by atomic mass is 16.2. The van der Waals surface area contributed by atoms with Crippen molar-refractivity contribution in [3.05, 3.63) is 36.5 Å². The molecule has 1 aliphatic carbocycles. The monoisotopic (exact) mass is 284 g/mol. The Balaban J connectivity index is 1.65. The number of anilines is 1. The van der Waals surface area contributed by atoms with E-state index in [4.69, 9.17) is 5.73 Å². The van der Waals surface area contributed by atoms with E-state index in [-0.39, 0.29) is 18.4 Å². The molecule has 1 fully saturated rings. The van der Waals surface area contributed by atoms with E-state index >= 15 is 0 Å². The summed E-state index contributed by atoms with van der Waals surface area (Å²) in [5, 5.41) is 6.25. The van der Waals surface area contributed by atoms with Crippen molar-refractivity contribution in [2.45, 2.75) is 18.4 Å². The molecule has 1 aromatic carbocycles. The molecule has 0 spiro atoms. The first-order valence-corrected chi connectivity index (χ1v) is 6.79. The van der Waals surface area contributed by atoms with E-state index in [0.717, 1.165) is 10.9 Å². The normalized spacial score (nSPS) is 15.5. The van der Waals surface area contributed by atoms with Crippen LogP contribution in [0.4, 0.5) is 5.69 Å². The molecule has 1 saturated carbocycles. The van der Waals surface area contributed by atoms with E-state index in [0.29, 0.717) is 18.5 Å². The Morgan fingerprint density at radius 3 is 2.76 bits per heavy atom. The van der Waals surface area contributed by atoms with Gasteiger partial charge in [-0.1, -0.05) is 18.2 Å². The van der Waals surface area contributed by atoms with Gasteiger partial charge in [-0.05, 0) is 25.0 Å². The second-order valence-electron chi connectivity index (χ2n) is 5.27. The predicted molar refractivity (Wildman–Crippen MR) is 79.5 cm³/mol. The van der Waals surface area contributed by atoms with Crippen LogP contribution in [0.15, 0.2) is 36.5 Å². The SMILES string of the molecule is NC1(C(=O)NCC(=O)Nc2cccc3cccnc23)CC1. The number of carbonyl (C=O) groups is 2. The predicted octanol–water partition coefficient (Wildman–Crippen LogP) is 0.781. The molecule has 1 heterocycles. The molecule has 108 valence electrons. The first-order chi connectivity index (χ1) is 10.1. The van der Waals surface area contributed by atoms with Crippen molar-refractivity contribution < 1.29 is 9.59 Å². The average Bonchev–Trinajstić information content (AvgIpc) is 3.24. The molecule has 6 nitrogen and oxygen atoms in total. The quantitative estimate of drug-likeness (QED) is 0.773. The summed E-state index contributed by atoms with van der Waals surface area (Å²) in [5.74, 6) is -0.570. The maximum absolute atomic E-state index is 11.9. The molecule has 21 heavy (non-hydrogen) atoms. The van der Waals surface area contributed by atoms with Gasteiger partial charge in [0.1, 0.15) is 0 Å². The van der Waals surface area contributed by atoms with Crippen LogP contribution in [0.5, 0.6) is 0 Å². The standard InChI is InChI=1S/C15H16N4O2/c16-15(6-7-15)14(21)18-9-12(20)19-11-5-1-3-10-4-2-8-17-13(10)11/h1-5,8H,6-7,9,16H2,(H,18,21)(H,19,20). The van der Waals surface area contributed by atoms with Crippen molar-refractivity contribution in [3.8, 4) is 0 Å². The van der Waals surface area contributed by atoms with Gasteiger partial charge in [-0.2, -0.15) is 0 Å². The van der Waals surface area contributed by atoms with Gasteiger partial charge in [-0.15, -0.1) is 0 Å². The summed E-state index contributed by atoms with van der Waals surface area (Å²) in [4.78, 5) is 27.8. The van der Waals surface area contributed by atoms with Gasteiger partial charge in [-0.25, -0.2) is 0 Å². The van der Waals surface area contributed by atoms with Crippen LogP contribution in [-0.2, 0) is 9.59 Å². The summed E-state index contributed by atoms with van der Waals surface area (Å²) in [7, 11) is 0. The van der Waals surface area contributed by atoms with Crippen molar-refractivity contribution in [3.63, 3.8) is 0 Å². The number of hydrogen-bond donors (Lipinski definition) is 3. The highest BCUT2D eigenvalue weighted by molar-refractivity contribution is 6.02. The molecule has 0 radical (unpaired) electrons. The lowest BCUT2D eigenvalue weighted by Gasteiger charge is -2.11. The molecular formula is C15H16N4O2. The minimum Gasteiger partial charge on any atom is -0.345 e. The van der Waals surface area contributed by atoms with Gasteiger partial charge in [0.05, 0.1) is 23.3 Å². The van der Waals surface area contributed by atoms with Crippen LogP contribution in [0.1, 0.15) is 12.8 Å². The smallest absolute Gasteiger partial charge is 0.243 e. The van der Waals surface area contributed by atoms with Gasteiger partial charge < -0.3 is 16.4 Å². The van der Waals surface area contributed by atoms with E-state index in [1.54, 1.807) is 12.3 Å². The van der Waals surface area contributed by atoms with Crippen LogP contribution in [-0.4, -0.2) is 28.9 Å². The second-order valence-corrected chi connectivity index (χ2v) is 5.27. The molecule has 0 bridgehead atoms. The molecule has 0 atom stereocenters. The minimum atomic E-state index is -0.763. The Hall–Kier alpha value is -2.47. The van der Waals surface area contributed by atoms with Crippen molar-refractivity contribution in [2.75, 3.05) is 11.9 Å². The van der Waals surface area contributed by atoms with Crippen LogP contribution in [0, 0.1) is 0 Å². The maximum atomic E-state index is 11.9. The molecule has 6 heteroatoms. The van der Waals surface area contributed by atoms with Crippen molar-refractivity contribution in [2.24, 2.45) is 5.73 Å². The zero-order valence-electron chi connectivity index (χ0n) is 11.4. The van der Waals surface area contributed by atoms with Crippen molar-refractivity contribution in [1.29, 1.82) is 0 Å². The zero-order valence-corrected chi connectivity index (χ0v) is 11.4. The number of amides is 2. The first-order valence-electron chi connectivity index (χ1n) is 6.79. The lowest BCUT2D eigenvalue weighted by molar-refractivity contribution is -0.125. The van der Waals surface area contributed by atoms with E-state index in [1.165, 1.54) is 0 Å². The average molecular weight is 284 g/mol. The van der Waals surface area contributed by atoms with E-state index in [9.17, 15) is 9.59 Å². The molecule has 1 aromatic heterocycles. The Morgan fingerprint density at radius 1 is 1.24 bits per heavy atom. The number of benzene rings is 1. The number of pyridine rings is 1. The molecule has 0 saturated heterocycles. The summed E-state index contributed by atoms with van der Waals surface area (Å²) >= 11 is 0. The number of para-hydroxylation sites is 1. The van der Waals surface area contributed by atoms with Crippen LogP contribution in [0.2, 0.25) is 0 Å². The second kappa shape index (κ2) is 5.14. The fourth-order valence-electron chi connectivity index (χ4n) is 2.10. The Bertz CT molecular complexity index is 704. The Labute approximate surface area is 121 Å². The first kappa shape index (κ1) is 13.5. The van der Waals surface area contributed by atoms with Gasteiger partial charge in [0, 0.05) is 11.6 Å².